The first-order chi connectivity index (χ1) is 12.5. The van der Waals surface area contributed by atoms with Crippen molar-refractivity contribution < 1.29 is 4.39 Å². The summed E-state index contributed by atoms with van der Waals surface area (Å²) in [6.07, 6.45) is 4.83. The molecule has 2 aromatic carbocycles. The quantitative estimate of drug-likeness (QED) is 0.513. The van der Waals surface area contributed by atoms with E-state index in [0.29, 0.717) is 11.5 Å². The van der Waals surface area contributed by atoms with Gasteiger partial charge in [-0.05, 0) is 75.3 Å². The molecule has 1 saturated carbocycles. The molecule has 0 N–H and O–H groups in total. The SMILES string of the molecule is Cc1ccc(C#Cc2ccc(C#CC3CCC(C)CC3)cc2F)c(C)c1. The summed E-state index contributed by atoms with van der Waals surface area (Å²) in [5.41, 5.74) is 4.40. The first-order valence-corrected chi connectivity index (χ1v) is 9.41. The van der Waals surface area contributed by atoms with Crippen LogP contribution in [0.2, 0.25) is 0 Å². The van der Waals surface area contributed by atoms with E-state index in [9.17, 15) is 4.39 Å². The lowest BCUT2D eigenvalue weighted by molar-refractivity contribution is 0.337. The highest BCUT2D eigenvalue weighted by atomic mass is 19.1. The van der Waals surface area contributed by atoms with Gasteiger partial charge in [-0.3, -0.25) is 0 Å². The molecule has 0 radical (unpaired) electrons. The Labute approximate surface area is 156 Å². The van der Waals surface area contributed by atoms with Gasteiger partial charge in [-0.1, -0.05) is 48.3 Å². The third kappa shape index (κ3) is 4.77. The van der Waals surface area contributed by atoms with E-state index in [1.165, 1.54) is 24.5 Å². The van der Waals surface area contributed by atoms with Gasteiger partial charge in [0.1, 0.15) is 5.82 Å². The first kappa shape index (κ1) is 18.3. The van der Waals surface area contributed by atoms with E-state index >= 15 is 0 Å². The topological polar surface area (TPSA) is 0 Å². The Morgan fingerprint density at radius 2 is 1.54 bits per heavy atom. The van der Waals surface area contributed by atoms with Gasteiger partial charge in [-0.15, -0.1) is 0 Å². The van der Waals surface area contributed by atoms with Crippen molar-refractivity contribution in [3.63, 3.8) is 0 Å². The van der Waals surface area contributed by atoms with Gasteiger partial charge in [0.2, 0.25) is 0 Å². The van der Waals surface area contributed by atoms with Gasteiger partial charge in [0.15, 0.2) is 0 Å². The third-order valence-electron chi connectivity index (χ3n) is 5.12. The molecular weight excluding hydrogens is 319 g/mol. The highest BCUT2D eigenvalue weighted by molar-refractivity contribution is 5.49. The van der Waals surface area contributed by atoms with Crippen molar-refractivity contribution >= 4 is 0 Å². The smallest absolute Gasteiger partial charge is 0.140 e. The van der Waals surface area contributed by atoms with Crippen LogP contribution in [0.25, 0.3) is 0 Å². The van der Waals surface area contributed by atoms with Crippen molar-refractivity contribution in [2.75, 3.05) is 0 Å². The molecule has 0 atom stereocenters. The molecule has 2 aromatic rings. The van der Waals surface area contributed by atoms with Crippen molar-refractivity contribution in [1.82, 2.24) is 0 Å². The zero-order valence-corrected chi connectivity index (χ0v) is 15.8. The molecule has 0 aliphatic heterocycles. The van der Waals surface area contributed by atoms with Gasteiger partial charge in [-0.25, -0.2) is 4.39 Å². The zero-order valence-electron chi connectivity index (χ0n) is 15.8. The van der Waals surface area contributed by atoms with E-state index in [1.54, 1.807) is 6.07 Å². The van der Waals surface area contributed by atoms with Crippen LogP contribution in [0.1, 0.15) is 60.4 Å². The molecule has 0 nitrogen and oxygen atoms in total. The molecule has 3 rings (SSSR count). The Morgan fingerprint density at radius 1 is 0.846 bits per heavy atom. The molecule has 0 unspecified atom stereocenters. The molecule has 0 aromatic heterocycles. The Morgan fingerprint density at radius 3 is 2.23 bits per heavy atom. The largest absolute Gasteiger partial charge is 0.206 e. The zero-order chi connectivity index (χ0) is 18.5. The number of rotatable bonds is 0. The predicted molar refractivity (Wildman–Crippen MR) is 106 cm³/mol. The minimum absolute atomic E-state index is 0.300. The van der Waals surface area contributed by atoms with Gasteiger partial charge >= 0.3 is 0 Å². The van der Waals surface area contributed by atoms with Crippen LogP contribution in [0, 0.1) is 55.2 Å². The normalized spacial score (nSPS) is 19.1. The van der Waals surface area contributed by atoms with Gasteiger partial charge < -0.3 is 0 Å². The lowest BCUT2D eigenvalue weighted by Gasteiger charge is -2.21. The van der Waals surface area contributed by atoms with E-state index in [4.69, 9.17) is 0 Å². The maximum absolute atomic E-state index is 14.4. The second-order valence-corrected chi connectivity index (χ2v) is 7.49. The number of hydrogen-bond donors (Lipinski definition) is 0. The maximum Gasteiger partial charge on any atom is 0.140 e. The lowest BCUT2D eigenvalue weighted by Crippen LogP contribution is -2.10. The van der Waals surface area contributed by atoms with Gasteiger partial charge in [-0.2, -0.15) is 0 Å². The molecule has 132 valence electrons. The summed E-state index contributed by atoms with van der Waals surface area (Å²) in [6, 6.07) is 11.2. The lowest BCUT2D eigenvalue weighted by atomic mass is 9.83. The van der Waals surface area contributed by atoms with Crippen molar-refractivity contribution in [2.45, 2.75) is 46.5 Å². The van der Waals surface area contributed by atoms with Crippen LogP contribution in [0.5, 0.6) is 0 Å². The highest BCUT2D eigenvalue weighted by Crippen LogP contribution is 2.27. The van der Waals surface area contributed by atoms with E-state index in [1.807, 2.05) is 25.1 Å². The Balaban J connectivity index is 1.73. The van der Waals surface area contributed by atoms with Crippen LogP contribution >= 0.6 is 0 Å². The van der Waals surface area contributed by atoms with Gasteiger partial charge in [0.25, 0.3) is 0 Å². The van der Waals surface area contributed by atoms with E-state index < -0.39 is 0 Å². The second kappa shape index (κ2) is 8.25. The molecule has 0 amide bonds. The maximum atomic E-state index is 14.4. The minimum atomic E-state index is -0.300. The van der Waals surface area contributed by atoms with Crippen LogP contribution in [0.3, 0.4) is 0 Å². The van der Waals surface area contributed by atoms with Crippen molar-refractivity contribution in [3.8, 4) is 23.7 Å². The summed E-state index contributed by atoms with van der Waals surface area (Å²) in [7, 11) is 0. The van der Waals surface area contributed by atoms with Gasteiger partial charge in [0, 0.05) is 17.0 Å². The van der Waals surface area contributed by atoms with E-state index in [-0.39, 0.29) is 5.82 Å². The molecule has 1 aliphatic carbocycles. The van der Waals surface area contributed by atoms with Crippen LogP contribution in [0.4, 0.5) is 4.39 Å². The summed E-state index contributed by atoms with van der Waals surface area (Å²) in [5, 5.41) is 0. The van der Waals surface area contributed by atoms with Crippen LogP contribution < -0.4 is 0 Å². The fraction of sp³-hybridized carbons (Fsp3) is 0.360. The van der Waals surface area contributed by atoms with Crippen LogP contribution in [-0.2, 0) is 0 Å². The molecular formula is C25H25F. The highest BCUT2D eigenvalue weighted by Gasteiger charge is 2.15. The summed E-state index contributed by atoms with van der Waals surface area (Å²) in [6.45, 7) is 6.38. The minimum Gasteiger partial charge on any atom is -0.206 e. The molecule has 0 bridgehead atoms. The fourth-order valence-corrected chi connectivity index (χ4v) is 3.37. The Bertz CT molecular complexity index is 907. The molecule has 1 fully saturated rings. The number of benzene rings is 2. The van der Waals surface area contributed by atoms with Crippen molar-refractivity contribution in [2.24, 2.45) is 11.8 Å². The second-order valence-electron chi connectivity index (χ2n) is 7.49. The first-order valence-electron chi connectivity index (χ1n) is 9.41. The molecule has 0 spiro atoms. The average Bonchev–Trinajstić information content (AvgIpc) is 2.62. The standard InChI is InChI=1S/C25H25F/c1-18-4-7-21(8-5-18)9-10-22-11-13-24(25(26)17-22)15-14-23-12-6-19(2)16-20(23)3/h6,11-13,16-18,21H,4-5,7-8H2,1-3H3. The molecule has 26 heavy (non-hydrogen) atoms. The molecule has 1 aliphatic rings. The van der Waals surface area contributed by atoms with Crippen LogP contribution in [0.15, 0.2) is 36.4 Å². The van der Waals surface area contributed by atoms with Gasteiger partial charge in [0.05, 0.1) is 5.56 Å². The third-order valence-corrected chi connectivity index (χ3v) is 5.12. The fourth-order valence-electron chi connectivity index (χ4n) is 3.37. The summed E-state index contributed by atoms with van der Waals surface area (Å²) >= 11 is 0. The summed E-state index contributed by atoms with van der Waals surface area (Å²) in [4.78, 5) is 0. The van der Waals surface area contributed by atoms with Crippen molar-refractivity contribution in [1.29, 1.82) is 0 Å². The monoisotopic (exact) mass is 344 g/mol. The van der Waals surface area contributed by atoms with E-state index in [0.717, 1.165) is 35.4 Å². The number of aryl methyl sites for hydroxylation is 2. The average molecular weight is 344 g/mol. The number of halogens is 1. The predicted octanol–water partition coefficient (Wildman–Crippen LogP) is 6.02. The Hall–Kier alpha value is -2.51. The molecule has 0 heterocycles. The molecule has 1 heteroatoms. The summed E-state index contributed by atoms with van der Waals surface area (Å²) in [5.74, 6) is 13.5. The van der Waals surface area contributed by atoms with Crippen molar-refractivity contribution in [3.05, 3.63) is 70.0 Å². The number of hydrogen-bond acceptors (Lipinski definition) is 0. The Kier molecular flexibility index (Phi) is 5.80. The summed E-state index contributed by atoms with van der Waals surface area (Å²) < 4.78 is 14.4. The molecule has 0 saturated heterocycles. The van der Waals surface area contributed by atoms with E-state index in [2.05, 4.69) is 43.6 Å². The van der Waals surface area contributed by atoms with Crippen LogP contribution in [-0.4, -0.2) is 0 Å².